The van der Waals surface area contributed by atoms with Gasteiger partial charge >= 0.3 is 0 Å². The number of ketones is 1. The Balaban J connectivity index is 1.88. The van der Waals surface area contributed by atoms with Crippen molar-refractivity contribution in [3.63, 3.8) is 0 Å². The number of aryl methyl sites for hydroxylation is 1. The molecule has 0 spiro atoms. The maximum absolute atomic E-state index is 13.5. The van der Waals surface area contributed by atoms with Crippen LogP contribution in [0, 0.1) is 24.2 Å². The number of fused-ring (bicyclic) bond motifs is 1. The van der Waals surface area contributed by atoms with E-state index in [2.05, 4.69) is 16.9 Å². The van der Waals surface area contributed by atoms with Crippen molar-refractivity contribution in [2.24, 2.45) is 17.3 Å². The molecule has 2 aliphatic rings. The number of nitrogens with one attached hydrogen (secondary N) is 1. The van der Waals surface area contributed by atoms with Crippen LogP contribution in [0.4, 0.5) is 0 Å². The van der Waals surface area contributed by atoms with E-state index in [9.17, 15) is 19.8 Å². The van der Waals surface area contributed by atoms with Gasteiger partial charge in [-0.25, -0.2) is 4.98 Å². The lowest BCUT2D eigenvalue weighted by Gasteiger charge is -2.36. The summed E-state index contributed by atoms with van der Waals surface area (Å²) < 4.78 is 11.3. The highest BCUT2D eigenvalue weighted by atomic mass is 35.5. The van der Waals surface area contributed by atoms with Crippen molar-refractivity contribution in [3.05, 3.63) is 35.5 Å². The van der Waals surface area contributed by atoms with Gasteiger partial charge in [0, 0.05) is 24.3 Å². The van der Waals surface area contributed by atoms with Crippen molar-refractivity contribution in [2.75, 3.05) is 0 Å². The highest BCUT2D eigenvalue weighted by Crippen LogP contribution is 2.45. The first-order valence-corrected chi connectivity index (χ1v) is 13.4. The Labute approximate surface area is 224 Å². The molecule has 1 amide bonds. The van der Waals surface area contributed by atoms with Crippen molar-refractivity contribution in [1.82, 2.24) is 10.3 Å². The van der Waals surface area contributed by atoms with Crippen LogP contribution >= 0.6 is 11.6 Å². The number of carbonyl (C=O) groups is 2. The lowest BCUT2D eigenvalue weighted by atomic mass is 9.71. The molecule has 8 nitrogen and oxygen atoms in total. The minimum absolute atomic E-state index is 0.108. The predicted octanol–water partition coefficient (Wildman–Crippen LogP) is 4.31. The number of allylic oxidation sites excluding steroid dienone is 1. The third kappa shape index (κ3) is 7.11. The lowest BCUT2D eigenvalue weighted by Crippen LogP contribution is -2.48. The number of rotatable bonds is 4. The second-order valence-electron chi connectivity index (χ2n) is 11.4. The first kappa shape index (κ1) is 29.6. The minimum atomic E-state index is -1.26. The number of carbonyl (C=O) groups excluding carboxylic acids is 2. The molecule has 3 heterocycles. The van der Waals surface area contributed by atoms with Crippen LogP contribution in [0.25, 0.3) is 6.08 Å². The zero-order chi connectivity index (χ0) is 27.5. The second-order valence-corrected chi connectivity index (χ2v) is 11.8. The van der Waals surface area contributed by atoms with Crippen molar-refractivity contribution in [1.29, 1.82) is 0 Å². The van der Waals surface area contributed by atoms with E-state index >= 15 is 0 Å². The summed E-state index contributed by atoms with van der Waals surface area (Å²) in [5.74, 6) is -1.07. The molecule has 2 saturated heterocycles. The molecule has 0 aliphatic carbocycles. The average molecular weight is 537 g/mol. The van der Waals surface area contributed by atoms with Gasteiger partial charge in [-0.3, -0.25) is 9.59 Å². The standard InChI is InChI=1S/C28H41ClN2O6/c1-7-9-19-25(34)16(2)10-8-11-28(6)23(37-28)13-21(20(29)12-18-15-36-17(3)30-18)31-24(33)14-22(32)27(4,5)26(19)35/h7,12,15-16,19,21-23,25,32,34H,1,8-11,13-14H2,2-6H3,(H,31,33)/t16-,19+,21-,22-,23?,25+,28?/m0/s1. The number of oxazole rings is 1. The van der Waals surface area contributed by atoms with Crippen molar-refractivity contribution >= 4 is 29.4 Å². The number of epoxide rings is 1. The number of nitrogens with zero attached hydrogens (tertiary/aromatic N) is 1. The zero-order valence-electron chi connectivity index (χ0n) is 22.5. The van der Waals surface area contributed by atoms with Crippen molar-refractivity contribution in [2.45, 2.75) is 103 Å². The molecular formula is C28H41ClN2O6. The molecule has 1 aromatic heterocycles. The fourth-order valence-electron chi connectivity index (χ4n) is 5.20. The largest absolute Gasteiger partial charge is 0.449 e. The van der Waals surface area contributed by atoms with Gasteiger partial charge in [0.1, 0.15) is 17.7 Å². The molecule has 2 aliphatic heterocycles. The Morgan fingerprint density at radius 2 is 2.03 bits per heavy atom. The molecule has 2 unspecified atom stereocenters. The van der Waals surface area contributed by atoms with Crippen molar-refractivity contribution < 1.29 is 29.0 Å². The zero-order valence-corrected chi connectivity index (χ0v) is 23.3. The first-order chi connectivity index (χ1) is 17.3. The third-order valence-corrected chi connectivity index (χ3v) is 8.38. The maximum atomic E-state index is 13.5. The molecular weight excluding hydrogens is 496 g/mol. The number of amides is 1. The van der Waals surface area contributed by atoms with E-state index in [4.69, 9.17) is 20.8 Å². The van der Waals surface area contributed by atoms with Crippen LogP contribution in [0.2, 0.25) is 0 Å². The van der Waals surface area contributed by atoms with Gasteiger partial charge < -0.3 is 24.7 Å². The molecule has 9 heteroatoms. The highest BCUT2D eigenvalue weighted by molar-refractivity contribution is 6.32. The SMILES string of the molecule is C=CC[C@H]1C(=O)C(C)(C)[C@@H](O)CC(=O)N[C@H](C(Cl)=Cc2coc(C)n2)CC2OC2(C)CCC[C@H](C)[C@H]1O. The monoisotopic (exact) mass is 536 g/mol. The molecule has 0 radical (unpaired) electrons. The van der Waals surface area contributed by atoms with Gasteiger partial charge in [-0.2, -0.15) is 0 Å². The van der Waals surface area contributed by atoms with Gasteiger partial charge in [-0.15, -0.1) is 6.58 Å². The summed E-state index contributed by atoms with van der Waals surface area (Å²) in [6.45, 7) is 12.7. The van der Waals surface area contributed by atoms with Crippen LogP contribution in [-0.2, 0) is 14.3 Å². The van der Waals surface area contributed by atoms with Gasteiger partial charge in [0.25, 0.3) is 0 Å². The number of halogens is 1. The van der Waals surface area contributed by atoms with Gasteiger partial charge in [0.05, 0.1) is 41.8 Å². The molecule has 1 aromatic rings. The molecule has 3 rings (SSSR count). The Kier molecular flexibility index (Phi) is 9.43. The molecule has 3 N–H and O–H groups in total. The van der Waals surface area contributed by atoms with E-state index in [1.807, 2.05) is 13.8 Å². The summed E-state index contributed by atoms with van der Waals surface area (Å²) in [6, 6.07) is -0.564. The summed E-state index contributed by atoms with van der Waals surface area (Å²) in [6.07, 6.45) is 5.27. The molecule has 206 valence electrons. The average Bonchev–Trinajstić information content (AvgIpc) is 3.27. The summed E-state index contributed by atoms with van der Waals surface area (Å²) >= 11 is 6.66. The quantitative estimate of drug-likeness (QED) is 0.386. The summed E-state index contributed by atoms with van der Waals surface area (Å²) in [7, 11) is 0. The summed E-state index contributed by atoms with van der Waals surface area (Å²) in [5, 5.41) is 25.4. The topological polar surface area (TPSA) is 125 Å². The highest BCUT2D eigenvalue weighted by Gasteiger charge is 2.52. The maximum Gasteiger partial charge on any atom is 0.223 e. The van der Waals surface area contributed by atoms with Crippen molar-refractivity contribution in [3.8, 4) is 0 Å². The number of aliphatic hydroxyl groups is 2. The fourth-order valence-corrected chi connectivity index (χ4v) is 5.46. The van der Waals surface area contributed by atoms with E-state index in [1.165, 1.54) is 6.26 Å². The van der Waals surface area contributed by atoms with Crippen LogP contribution in [0.5, 0.6) is 0 Å². The second kappa shape index (κ2) is 11.8. The van der Waals surface area contributed by atoms with Crippen LogP contribution < -0.4 is 5.32 Å². The number of hydrogen-bond donors (Lipinski definition) is 3. The first-order valence-electron chi connectivity index (χ1n) is 13.1. The van der Waals surface area contributed by atoms with Crippen LogP contribution in [0.1, 0.15) is 77.8 Å². The number of aromatic nitrogens is 1. The molecule has 0 saturated carbocycles. The van der Waals surface area contributed by atoms with E-state index in [-0.39, 0.29) is 29.8 Å². The third-order valence-electron chi connectivity index (χ3n) is 8.01. The Bertz CT molecular complexity index is 1020. The predicted molar refractivity (Wildman–Crippen MR) is 142 cm³/mol. The van der Waals surface area contributed by atoms with E-state index in [0.29, 0.717) is 29.5 Å². The summed E-state index contributed by atoms with van der Waals surface area (Å²) in [5.41, 5.74) is -1.07. The van der Waals surface area contributed by atoms with Gasteiger partial charge in [0.2, 0.25) is 5.91 Å². The van der Waals surface area contributed by atoms with Gasteiger partial charge in [0.15, 0.2) is 5.89 Å². The van der Waals surface area contributed by atoms with Gasteiger partial charge in [-0.1, -0.05) is 44.9 Å². The number of Topliss-reactive ketones (excluding diaryl/α,β-unsaturated/α-hetero) is 1. The normalized spacial score (nSPS) is 35.9. The Morgan fingerprint density at radius 1 is 1.32 bits per heavy atom. The van der Waals surface area contributed by atoms with Crippen LogP contribution in [0.15, 0.2) is 28.4 Å². The minimum Gasteiger partial charge on any atom is -0.449 e. The molecule has 7 atom stereocenters. The molecule has 0 aromatic carbocycles. The molecule has 2 fully saturated rings. The molecule has 37 heavy (non-hydrogen) atoms. The lowest BCUT2D eigenvalue weighted by molar-refractivity contribution is -0.143. The fraction of sp³-hybridized carbons (Fsp3) is 0.679. The van der Waals surface area contributed by atoms with E-state index < -0.39 is 35.5 Å². The van der Waals surface area contributed by atoms with E-state index in [1.54, 1.807) is 32.9 Å². The number of aliphatic hydroxyl groups excluding tert-OH is 2. The van der Waals surface area contributed by atoms with Crippen LogP contribution in [0.3, 0.4) is 0 Å². The Morgan fingerprint density at radius 3 is 2.65 bits per heavy atom. The smallest absolute Gasteiger partial charge is 0.223 e. The van der Waals surface area contributed by atoms with Crippen LogP contribution in [-0.4, -0.2) is 56.8 Å². The van der Waals surface area contributed by atoms with E-state index in [0.717, 1.165) is 19.3 Å². The van der Waals surface area contributed by atoms with Gasteiger partial charge in [-0.05, 0) is 38.2 Å². The molecule has 0 bridgehead atoms. The number of ether oxygens (including phenoxy) is 1. The summed E-state index contributed by atoms with van der Waals surface area (Å²) in [4.78, 5) is 30.9. The Hall–Kier alpha value is -2.00. The number of hydrogen-bond acceptors (Lipinski definition) is 7.